The average Bonchev–Trinajstić information content (AvgIpc) is 2.76. The summed E-state index contributed by atoms with van der Waals surface area (Å²) in [5.74, 6) is 2.62. The molecule has 1 heterocycles. The van der Waals surface area contributed by atoms with Gasteiger partial charge >= 0.3 is 5.97 Å². The fraction of sp³-hybridized carbons (Fsp3) is 0.727. The average molecular weight is 258 g/mol. The molecule has 0 aliphatic heterocycles. The smallest absolute Gasteiger partial charge is 0.309 e. The highest BCUT2D eigenvalue weighted by atomic mass is 32.2. The Morgan fingerprint density at radius 2 is 2.18 bits per heavy atom. The maximum Gasteiger partial charge on any atom is 0.309 e. The van der Waals surface area contributed by atoms with E-state index in [9.17, 15) is 4.79 Å². The second kappa shape index (κ2) is 6.64. The molecule has 0 aromatic carbocycles. The van der Waals surface area contributed by atoms with Gasteiger partial charge in [0.15, 0.2) is 5.82 Å². The molecule has 0 spiro atoms. The lowest BCUT2D eigenvalue weighted by molar-refractivity contribution is -0.143. The first-order chi connectivity index (χ1) is 8.04. The largest absolute Gasteiger partial charge is 0.469 e. The van der Waals surface area contributed by atoms with Gasteiger partial charge in [-0.3, -0.25) is 4.79 Å². The SMILES string of the molecule is COC(=O)C(C)CSCc1noc(C(C)C)n1. The predicted octanol–water partition coefficient (Wildman–Crippen LogP) is 2.24. The third kappa shape index (κ3) is 4.38. The molecular formula is C11H18N2O3S. The minimum absolute atomic E-state index is 0.110. The summed E-state index contributed by atoms with van der Waals surface area (Å²) in [5, 5.41) is 3.88. The predicted molar refractivity (Wildman–Crippen MR) is 65.7 cm³/mol. The minimum Gasteiger partial charge on any atom is -0.469 e. The van der Waals surface area contributed by atoms with Crippen molar-refractivity contribution in [2.45, 2.75) is 32.4 Å². The lowest BCUT2D eigenvalue weighted by Gasteiger charge is -2.06. The first-order valence-electron chi connectivity index (χ1n) is 5.52. The number of esters is 1. The van der Waals surface area contributed by atoms with Crippen LogP contribution in [-0.2, 0) is 15.3 Å². The Bertz CT molecular complexity index is 365. The summed E-state index contributed by atoms with van der Waals surface area (Å²) in [6.07, 6.45) is 0. The summed E-state index contributed by atoms with van der Waals surface area (Å²) in [6.45, 7) is 5.85. The molecule has 0 bridgehead atoms. The van der Waals surface area contributed by atoms with Crippen molar-refractivity contribution in [1.29, 1.82) is 0 Å². The van der Waals surface area contributed by atoms with E-state index in [4.69, 9.17) is 4.52 Å². The van der Waals surface area contributed by atoms with Crippen molar-refractivity contribution >= 4 is 17.7 Å². The molecule has 0 fully saturated rings. The molecule has 0 saturated carbocycles. The van der Waals surface area contributed by atoms with Gasteiger partial charge in [-0.15, -0.1) is 0 Å². The molecule has 1 aromatic rings. The van der Waals surface area contributed by atoms with Gasteiger partial charge in [0.1, 0.15) is 0 Å². The summed E-state index contributed by atoms with van der Waals surface area (Å²) in [5.41, 5.74) is 0. The number of hydrogen-bond donors (Lipinski definition) is 0. The van der Waals surface area contributed by atoms with Crippen LogP contribution < -0.4 is 0 Å². The molecular weight excluding hydrogens is 240 g/mol. The number of hydrogen-bond acceptors (Lipinski definition) is 6. The molecule has 0 aliphatic carbocycles. The van der Waals surface area contributed by atoms with Crippen molar-refractivity contribution in [3.63, 3.8) is 0 Å². The van der Waals surface area contributed by atoms with Crippen LogP contribution in [0.15, 0.2) is 4.52 Å². The summed E-state index contributed by atoms with van der Waals surface area (Å²) >= 11 is 1.60. The molecule has 1 unspecified atom stereocenters. The Balaban J connectivity index is 2.33. The van der Waals surface area contributed by atoms with E-state index in [-0.39, 0.29) is 17.8 Å². The van der Waals surface area contributed by atoms with Crippen LogP contribution in [0.2, 0.25) is 0 Å². The van der Waals surface area contributed by atoms with E-state index in [1.54, 1.807) is 11.8 Å². The Kier molecular flexibility index (Phi) is 5.47. The fourth-order valence-corrected chi connectivity index (χ4v) is 2.06. The first-order valence-corrected chi connectivity index (χ1v) is 6.68. The molecule has 0 amide bonds. The Morgan fingerprint density at radius 3 is 2.71 bits per heavy atom. The van der Waals surface area contributed by atoms with Crippen molar-refractivity contribution in [3.8, 4) is 0 Å². The number of carbonyl (C=O) groups is 1. The fourth-order valence-electron chi connectivity index (χ4n) is 1.16. The number of thioether (sulfide) groups is 1. The summed E-state index contributed by atoms with van der Waals surface area (Å²) in [7, 11) is 1.40. The number of methoxy groups -OCH3 is 1. The zero-order chi connectivity index (χ0) is 12.8. The Morgan fingerprint density at radius 1 is 1.47 bits per heavy atom. The third-order valence-corrected chi connectivity index (χ3v) is 3.38. The maximum absolute atomic E-state index is 11.2. The summed E-state index contributed by atoms with van der Waals surface area (Å²) in [6, 6.07) is 0. The molecule has 0 radical (unpaired) electrons. The molecule has 17 heavy (non-hydrogen) atoms. The molecule has 6 heteroatoms. The number of rotatable bonds is 6. The van der Waals surface area contributed by atoms with Gasteiger partial charge in [0.05, 0.1) is 18.8 Å². The van der Waals surface area contributed by atoms with Gasteiger partial charge in [0.2, 0.25) is 5.89 Å². The lowest BCUT2D eigenvalue weighted by atomic mass is 10.2. The van der Waals surface area contributed by atoms with E-state index in [1.807, 2.05) is 20.8 Å². The second-order valence-corrected chi connectivity index (χ2v) is 5.17. The van der Waals surface area contributed by atoms with E-state index in [2.05, 4.69) is 14.9 Å². The molecule has 1 rings (SSSR count). The van der Waals surface area contributed by atoms with Gasteiger partial charge in [-0.05, 0) is 0 Å². The molecule has 96 valence electrons. The van der Waals surface area contributed by atoms with Crippen LogP contribution in [0.4, 0.5) is 0 Å². The van der Waals surface area contributed by atoms with Gasteiger partial charge in [-0.1, -0.05) is 25.9 Å². The molecule has 5 nitrogen and oxygen atoms in total. The van der Waals surface area contributed by atoms with E-state index in [0.29, 0.717) is 23.2 Å². The van der Waals surface area contributed by atoms with Crippen molar-refractivity contribution in [2.75, 3.05) is 12.9 Å². The highest BCUT2D eigenvalue weighted by Gasteiger charge is 2.14. The summed E-state index contributed by atoms with van der Waals surface area (Å²) < 4.78 is 9.73. The van der Waals surface area contributed by atoms with Crippen LogP contribution in [0.5, 0.6) is 0 Å². The number of nitrogens with zero attached hydrogens (tertiary/aromatic N) is 2. The van der Waals surface area contributed by atoms with Crippen LogP contribution in [-0.4, -0.2) is 29.0 Å². The highest BCUT2D eigenvalue weighted by Crippen LogP contribution is 2.17. The first kappa shape index (κ1) is 14.0. The second-order valence-electron chi connectivity index (χ2n) is 4.14. The van der Waals surface area contributed by atoms with Crippen LogP contribution in [0.1, 0.15) is 38.4 Å². The van der Waals surface area contributed by atoms with Gasteiger partial charge in [-0.25, -0.2) is 0 Å². The molecule has 0 N–H and O–H groups in total. The summed E-state index contributed by atoms with van der Waals surface area (Å²) in [4.78, 5) is 15.4. The van der Waals surface area contributed by atoms with Crippen LogP contribution in [0.3, 0.4) is 0 Å². The number of aromatic nitrogens is 2. The van der Waals surface area contributed by atoms with Crippen LogP contribution >= 0.6 is 11.8 Å². The van der Waals surface area contributed by atoms with E-state index >= 15 is 0 Å². The van der Waals surface area contributed by atoms with Crippen LogP contribution in [0.25, 0.3) is 0 Å². The van der Waals surface area contributed by atoms with E-state index in [1.165, 1.54) is 7.11 Å². The molecule has 0 aliphatic rings. The monoisotopic (exact) mass is 258 g/mol. The molecule has 0 saturated heterocycles. The zero-order valence-electron chi connectivity index (χ0n) is 10.6. The van der Waals surface area contributed by atoms with Crippen molar-refractivity contribution in [2.24, 2.45) is 5.92 Å². The van der Waals surface area contributed by atoms with Crippen molar-refractivity contribution in [3.05, 3.63) is 11.7 Å². The number of carbonyl (C=O) groups excluding carboxylic acids is 1. The highest BCUT2D eigenvalue weighted by molar-refractivity contribution is 7.98. The Labute approximate surface area is 105 Å². The minimum atomic E-state index is -0.187. The van der Waals surface area contributed by atoms with Crippen molar-refractivity contribution in [1.82, 2.24) is 10.1 Å². The van der Waals surface area contributed by atoms with Gasteiger partial charge in [0.25, 0.3) is 0 Å². The van der Waals surface area contributed by atoms with Gasteiger partial charge in [0, 0.05) is 11.7 Å². The van der Waals surface area contributed by atoms with Gasteiger partial charge in [-0.2, -0.15) is 16.7 Å². The van der Waals surface area contributed by atoms with Crippen molar-refractivity contribution < 1.29 is 14.1 Å². The van der Waals surface area contributed by atoms with Crippen LogP contribution in [0, 0.1) is 5.92 Å². The zero-order valence-corrected chi connectivity index (χ0v) is 11.4. The normalized spacial score (nSPS) is 12.8. The third-order valence-electron chi connectivity index (χ3n) is 2.18. The maximum atomic E-state index is 11.2. The standard InChI is InChI=1S/C11H18N2O3S/c1-7(2)10-12-9(13-16-10)6-17-5-8(3)11(14)15-4/h7-8H,5-6H2,1-4H3. The van der Waals surface area contributed by atoms with E-state index < -0.39 is 0 Å². The Hall–Kier alpha value is -1.04. The topological polar surface area (TPSA) is 65.2 Å². The van der Waals surface area contributed by atoms with E-state index in [0.717, 1.165) is 0 Å². The molecule has 1 aromatic heterocycles. The molecule has 1 atom stereocenters. The van der Waals surface area contributed by atoms with Gasteiger partial charge < -0.3 is 9.26 Å². The quantitative estimate of drug-likeness (QED) is 0.729. The number of ether oxygens (including phenoxy) is 1. The lowest BCUT2D eigenvalue weighted by Crippen LogP contribution is -2.14.